The number of aromatic nitrogens is 2. The molecule has 0 saturated heterocycles. The SMILES string of the molecule is C=C(c1cn2cc(Cl)ccc2n1)C(C)C. The van der Waals surface area contributed by atoms with Crippen molar-refractivity contribution in [1.29, 1.82) is 0 Å². The molecule has 0 bridgehead atoms. The minimum atomic E-state index is 0.408. The predicted molar refractivity (Wildman–Crippen MR) is 64.1 cm³/mol. The number of fused-ring (bicyclic) bond motifs is 1. The molecular weight excluding hydrogens is 208 g/mol. The molecular formula is C12H13ClN2. The first-order valence-corrected chi connectivity index (χ1v) is 5.29. The van der Waals surface area contributed by atoms with E-state index in [0.717, 1.165) is 16.9 Å². The van der Waals surface area contributed by atoms with Crippen LogP contribution in [-0.2, 0) is 0 Å². The maximum atomic E-state index is 5.90. The highest BCUT2D eigenvalue weighted by atomic mass is 35.5. The Morgan fingerprint density at radius 2 is 2.13 bits per heavy atom. The quantitative estimate of drug-likeness (QED) is 0.755. The van der Waals surface area contributed by atoms with Crippen LogP contribution in [-0.4, -0.2) is 9.38 Å². The molecule has 0 aliphatic rings. The first-order valence-electron chi connectivity index (χ1n) is 4.91. The van der Waals surface area contributed by atoms with Crippen molar-refractivity contribution in [3.63, 3.8) is 0 Å². The number of halogens is 1. The van der Waals surface area contributed by atoms with Gasteiger partial charge in [-0.2, -0.15) is 0 Å². The van der Waals surface area contributed by atoms with E-state index in [1.807, 2.05) is 28.9 Å². The van der Waals surface area contributed by atoms with E-state index in [2.05, 4.69) is 25.4 Å². The number of nitrogens with zero attached hydrogens (tertiary/aromatic N) is 2. The molecule has 0 radical (unpaired) electrons. The van der Waals surface area contributed by atoms with E-state index < -0.39 is 0 Å². The van der Waals surface area contributed by atoms with Gasteiger partial charge in [-0.3, -0.25) is 0 Å². The molecule has 0 atom stereocenters. The van der Waals surface area contributed by atoms with Gasteiger partial charge in [-0.15, -0.1) is 0 Å². The van der Waals surface area contributed by atoms with Gasteiger partial charge in [-0.25, -0.2) is 4.98 Å². The highest BCUT2D eigenvalue weighted by Gasteiger charge is 2.08. The maximum absolute atomic E-state index is 5.90. The third kappa shape index (κ3) is 1.90. The molecule has 0 unspecified atom stereocenters. The Labute approximate surface area is 94.2 Å². The van der Waals surface area contributed by atoms with Crippen LogP contribution in [0.25, 0.3) is 11.2 Å². The Morgan fingerprint density at radius 3 is 2.80 bits per heavy atom. The molecule has 0 fully saturated rings. The van der Waals surface area contributed by atoms with E-state index in [1.165, 1.54) is 0 Å². The van der Waals surface area contributed by atoms with Crippen LogP contribution in [0.1, 0.15) is 19.5 Å². The standard InChI is InChI=1S/C12H13ClN2/c1-8(2)9(3)11-7-15-6-10(13)4-5-12(15)14-11/h4-8H,3H2,1-2H3. The van der Waals surface area contributed by atoms with Crippen LogP contribution < -0.4 is 0 Å². The van der Waals surface area contributed by atoms with Gasteiger partial charge in [-0.1, -0.05) is 32.0 Å². The molecule has 2 rings (SSSR count). The fraction of sp³-hybridized carbons (Fsp3) is 0.250. The van der Waals surface area contributed by atoms with E-state index >= 15 is 0 Å². The molecule has 0 spiro atoms. The minimum Gasteiger partial charge on any atom is -0.305 e. The van der Waals surface area contributed by atoms with Gasteiger partial charge in [0, 0.05) is 12.4 Å². The number of hydrogen-bond donors (Lipinski definition) is 0. The van der Waals surface area contributed by atoms with Crippen molar-refractivity contribution in [2.75, 3.05) is 0 Å². The normalized spacial score (nSPS) is 11.2. The van der Waals surface area contributed by atoms with Gasteiger partial charge in [0.05, 0.1) is 10.7 Å². The maximum Gasteiger partial charge on any atom is 0.137 e. The number of rotatable bonds is 2. The summed E-state index contributed by atoms with van der Waals surface area (Å²) in [5, 5.41) is 0.710. The molecule has 0 N–H and O–H groups in total. The van der Waals surface area contributed by atoms with E-state index in [4.69, 9.17) is 11.6 Å². The van der Waals surface area contributed by atoms with Gasteiger partial charge >= 0.3 is 0 Å². The van der Waals surface area contributed by atoms with Crippen molar-refractivity contribution in [3.05, 3.63) is 41.8 Å². The van der Waals surface area contributed by atoms with Crippen LogP contribution in [0.2, 0.25) is 5.02 Å². The van der Waals surface area contributed by atoms with Crippen LogP contribution in [0.5, 0.6) is 0 Å². The van der Waals surface area contributed by atoms with Crippen molar-refractivity contribution in [2.24, 2.45) is 5.92 Å². The van der Waals surface area contributed by atoms with Crippen molar-refractivity contribution in [3.8, 4) is 0 Å². The second-order valence-corrected chi connectivity index (χ2v) is 4.36. The lowest BCUT2D eigenvalue weighted by atomic mass is 10.0. The van der Waals surface area contributed by atoms with E-state index in [-0.39, 0.29) is 0 Å². The zero-order valence-corrected chi connectivity index (χ0v) is 9.62. The molecule has 0 aliphatic heterocycles. The van der Waals surface area contributed by atoms with Crippen LogP contribution in [0.4, 0.5) is 0 Å². The molecule has 0 amide bonds. The van der Waals surface area contributed by atoms with E-state index in [0.29, 0.717) is 10.9 Å². The zero-order chi connectivity index (χ0) is 11.0. The summed E-state index contributed by atoms with van der Waals surface area (Å²) >= 11 is 5.90. The van der Waals surface area contributed by atoms with Crippen molar-refractivity contribution in [1.82, 2.24) is 9.38 Å². The Morgan fingerprint density at radius 1 is 1.40 bits per heavy atom. The first kappa shape index (κ1) is 10.2. The summed E-state index contributed by atoms with van der Waals surface area (Å²) in [5.41, 5.74) is 2.89. The summed E-state index contributed by atoms with van der Waals surface area (Å²) in [4.78, 5) is 4.48. The Balaban J connectivity index is 2.52. The number of pyridine rings is 1. The van der Waals surface area contributed by atoms with Crippen molar-refractivity contribution >= 4 is 22.8 Å². The highest BCUT2D eigenvalue weighted by Crippen LogP contribution is 2.21. The molecule has 0 aliphatic carbocycles. The first-order chi connectivity index (χ1) is 7.08. The number of imidazole rings is 1. The summed E-state index contributed by atoms with van der Waals surface area (Å²) in [7, 11) is 0. The largest absolute Gasteiger partial charge is 0.305 e. The Hall–Kier alpha value is -1.28. The average molecular weight is 221 g/mol. The Kier molecular flexibility index (Phi) is 2.53. The Bertz CT molecular complexity index is 511. The van der Waals surface area contributed by atoms with Gasteiger partial charge in [0.1, 0.15) is 5.65 Å². The van der Waals surface area contributed by atoms with E-state index in [1.54, 1.807) is 0 Å². The minimum absolute atomic E-state index is 0.408. The molecule has 78 valence electrons. The second-order valence-electron chi connectivity index (χ2n) is 3.92. The average Bonchev–Trinajstić information content (AvgIpc) is 2.58. The zero-order valence-electron chi connectivity index (χ0n) is 8.87. The van der Waals surface area contributed by atoms with Gasteiger partial charge in [-0.05, 0) is 23.6 Å². The van der Waals surface area contributed by atoms with Crippen molar-refractivity contribution in [2.45, 2.75) is 13.8 Å². The topological polar surface area (TPSA) is 17.3 Å². The fourth-order valence-electron chi connectivity index (χ4n) is 1.42. The summed E-state index contributed by atoms with van der Waals surface area (Å²) < 4.78 is 1.92. The molecule has 15 heavy (non-hydrogen) atoms. The lowest BCUT2D eigenvalue weighted by molar-refractivity contribution is 0.853. The molecule has 0 saturated carbocycles. The molecule has 2 nitrogen and oxygen atoms in total. The summed E-state index contributed by atoms with van der Waals surface area (Å²) in [6.45, 7) is 8.25. The van der Waals surface area contributed by atoms with Crippen LogP contribution in [0.15, 0.2) is 31.1 Å². The molecule has 2 heterocycles. The van der Waals surface area contributed by atoms with E-state index in [9.17, 15) is 0 Å². The van der Waals surface area contributed by atoms with Gasteiger partial charge < -0.3 is 4.40 Å². The van der Waals surface area contributed by atoms with Crippen LogP contribution in [0, 0.1) is 5.92 Å². The number of allylic oxidation sites excluding steroid dienone is 1. The van der Waals surface area contributed by atoms with Gasteiger partial charge in [0.25, 0.3) is 0 Å². The molecule has 2 aromatic heterocycles. The third-order valence-corrected chi connectivity index (χ3v) is 2.66. The summed E-state index contributed by atoms with van der Waals surface area (Å²) in [5.74, 6) is 0.408. The molecule has 3 heteroatoms. The van der Waals surface area contributed by atoms with Crippen molar-refractivity contribution < 1.29 is 0 Å². The lowest BCUT2D eigenvalue weighted by Gasteiger charge is -2.04. The fourth-order valence-corrected chi connectivity index (χ4v) is 1.58. The molecule has 2 aromatic rings. The van der Waals surface area contributed by atoms with Gasteiger partial charge in [0.15, 0.2) is 0 Å². The predicted octanol–water partition coefficient (Wildman–Crippen LogP) is 3.66. The number of hydrogen-bond acceptors (Lipinski definition) is 1. The second kappa shape index (κ2) is 3.70. The van der Waals surface area contributed by atoms with Crippen LogP contribution in [0.3, 0.4) is 0 Å². The van der Waals surface area contributed by atoms with Crippen LogP contribution >= 0.6 is 11.6 Å². The molecule has 0 aromatic carbocycles. The highest BCUT2D eigenvalue weighted by molar-refractivity contribution is 6.30. The smallest absolute Gasteiger partial charge is 0.137 e. The third-order valence-electron chi connectivity index (χ3n) is 2.44. The monoisotopic (exact) mass is 220 g/mol. The summed E-state index contributed by atoms with van der Waals surface area (Å²) in [6.07, 6.45) is 3.81. The van der Waals surface area contributed by atoms with Gasteiger partial charge in [0.2, 0.25) is 0 Å². The lowest BCUT2D eigenvalue weighted by Crippen LogP contribution is -1.91. The summed E-state index contributed by atoms with van der Waals surface area (Å²) in [6, 6.07) is 3.74.